The molecule has 3 rings (SSSR count). The Morgan fingerprint density at radius 2 is 1.86 bits per heavy atom. The molecular weight excluding hydrogens is 292 g/mol. The number of anilines is 2. The zero-order chi connectivity index (χ0) is 15.0. The number of hydrogen-bond acceptors (Lipinski definition) is 6. The molecule has 2 aromatic carbocycles. The van der Waals surface area contributed by atoms with Crippen LogP contribution in [0.5, 0.6) is 5.75 Å². The van der Waals surface area contributed by atoms with Gasteiger partial charge in [0, 0.05) is 11.9 Å². The van der Waals surface area contributed by atoms with Gasteiger partial charge >= 0.3 is 0 Å². The summed E-state index contributed by atoms with van der Waals surface area (Å²) in [7, 11) is -3.28. The molecule has 1 aromatic heterocycles. The topological polar surface area (TPSA) is 92.4 Å². The third-order valence-electron chi connectivity index (χ3n) is 2.91. The van der Waals surface area contributed by atoms with Gasteiger partial charge in [-0.1, -0.05) is 0 Å². The first-order valence-corrected chi connectivity index (χ1v) is 7.98. The van der Waals surface area contributed by atoms with Crippen molar-refractivity contribution in [2.45, 2.75) is 4.90 Å². The molecule has 0 bridgehead atoms. The highest BCUT2D eigenvalue weighted by Gasteiger charge is 2.11. The number of rotatable bonds is 3. The van der Waals surface area contributed by atoms with E-state index in [9.17, 15) is 13.5 Å². The molecule has 0 amide bonds. The van der Waals surface area contributed by atoms with Gasteiger partial charge < -0.3 is 14.8 Å². The van der Waals surface area contributed by atoms with Gasteiger partial charge in [-0.05, 0) is 42.5 Å². The van der Waals surface area contributed by atoms with Gasteiger partial charge in [-0.3, -0.25) is 0 Å². The molecule has 7 heteroatoms. The van der Waals surface area contributed by atoms with E-state index >= 15 is 0 Å². The Kier molecular flexibility index (Phi) is 3.06. The Morgan fingerprint density at radius 1 is 1.14 bits per heavy atom. The second-order valence-corrected chi connectivity index (χ2v) is 6.61. The predicted octanol–water partition coefficient (Wildman–Crippen LogP) is 2.68. The number of oxazole rings is 1. The second kappa shape index (κ2) is 4.78. The molecule has 0 aliphatic rings. The molecular formula is C14H12N2O4S. The highest BCUT2D eigenvalue weighted by Crippen LogP contribution is 2.25. The van der Waals surface area contributed by atoms with Crippen LogP contribution in [0.4, 0.5) is 11.7 Å². The molecule has 0 radical (unpaired) electrons. The van der Waals surface area contributed by atoms with Gasteiger partial charge in [0.2, 0.25) is 0 Å². The normalized spacial score (nSPS) is 11.7. The van der Waals surface area contributed by atoms with Gasteiger partial charge in [-0.15, -0.1) is 0 Å². The fourth-order valence-corrected chi connectivity index (χ4v) is 2.50. The Hall–Kier alpha value is -2.54. The van der Waals surface area contributed by atoms with Gasteiger partial charge in [0.05, 0.1) is 4.90 Å². The number of nitrogens with one attached hydrogen (secondary N) is 1. The van der Waals surface area contributed by atoms with Gasteiger partial charge in [0.1, 0.15) is 11.3 Å². The smallest absolute Gasteiger partial charge is 0.300 e. The van der Waals surface area contributed by atoms with Crippen LogP contribution in [-0.4, -0.2) is 24.8 Å². The van der Waals surface area contributed by atoms with Gasteiger partial charge in [-0.2, -0.15) is 4.98 Å². The zero-order valence-electron chi connectivity index (χ0n) is 11.1. The van der Waals surface area contributed by atoms with Crippen LogP contribution in [0.25, 0.3) is 11.1 Å². The fraction of sp³-hybridized carbons (Fsp3) is 0.0714. The number of hydrogen-bond donors (Lipinski definition) is 2. The molecule has 0 saturated heterocycles. The van der Waals surface area contributed by atoms with Crippen LogP contribution >= 0.6 is 0 Å². The van der Waals surface area contributed by atoms with Crippen molar-refractivity contribution in [3.63, 3.8) is 0 Å². The van der Waals surface area contributed by atoms with E-state index in [1.165, 1.54) is 24.3 Å². The predicted molar refractivity (Wildman–Crippen MR) is 78.5 cm³/mol. The van der Waals surface area contributed by atoms with Crippen molar-refractivity contribution in [2.24, 2.45) is 0 Å². The van der Waals surface area contributed by atoms with E-state index in [1.54, 1.807) is 18.2 Å². The standard InChI is InChI=1S/C14H12N2O4S/c1-21(18,19)11-6-7-13-12(8-11)16-14(20-13)15-9-2-4-10(17)5-3-9/h2-8,17H,1H3,(H,15,16). The average molecular weight is 304 g/mol. The summed E-state index contributed by atoms with van der Waals surface area (Å²) in [6, 6.07) is 11.2. The maximum atomic E-state index is 11.5. The van der Waals surface area contributed by atoms with Gasteiger partial charge in [0.25, 0.3) is 6.01 Å². The highest BCUT2D eigenvalue weighted by molar-refractivity contribution is 7.90. The summed E-state index contributed by atoms with van der Waals surface area (Å²) in [6.45, 7) is 0. The Balaban J connectivity index is 1.95. The monoisotopic (exact) mass is 304 g/mol. The summed E-state index contributed by atoms with van der Waals surface area (Å²) in [5.41, 5.74) is 1.64. The summed E-state index contributed by atoms with van der Waals surface area (Å²) in [5, 5.41) is 12.2. The van der Waals surface area contributed by atoms with Crippen LogP contribution in [0.15, 0.2) is 51.8 Å². The van der Waals surface area contributed by atoms with Crippen LogP contribution < -0.4 is 5.32 Å². The number of aromatic nitrogens is 1. The molecule has 2 N–H and O–H groups in total. The molecule has 21 heavy (non-hydrogen) atoms. The summed E-state index contributed by atoms with van der Waals surface area (Å²) in [5.74, 6) is 0.163. The molecule has 0 fully saturated rings. The van der Waals surface area contributed by atoms with Crippen LogP contribution in [0.2, 0.25) is 0 Å². The molecule has 1 heterocycles. The number of benzene rings is 2. The first-order valence-electron chi connectivity index (χ1n) is 6.08. The second-order valence-electron chi connectivity index (χ2n) is 4.59. The minimum atomic E-state index is -3.28. The van der Waals surface area contributed by atoms with Gasteiger partial charge in [0.15, 0.2) is 15.4 Å². The Morgan fingerprint density at radius 3 is 2.52 bits per heavy atom. The van der Waals surface area contributed by atoms with Crippen molar-refractivity contribution in [3.05, 3.63) is 42.5 Å². The van der Waals surface area contributed by atoms with E-state index < -0.39 is 9.84 Å². The van der Waals surface area contributed by atoms with E-state index in [4.69, 9.17) is 4.42 Å². The highest BCUT2D eigenvalue weighted by atomic mass is 32.2. The van der Waals surface area contributed by atoms with Crippen molar-refractivity contribution >= 4 is 32.6 Å². The third-order valence-corrected chi connectivity index (χ3v) is 4.02. The van der Waals surface area contributed by atoms with Crippen molar-refractivity contribution < 1.29 is 17.9 Å². The first-order chi connectivity index (χ1) is 9.91. The quantitative estimate of drug-likeness (QED) is 0.723. The molecule has 0 aliphatic heterocycles. The molecule has 0 aliphatic carbocycles. The van der Waals surface area contributed by atoms with Crippen LogP contribution in [0, 0.1) is 0 Å². The molecule has 108 valence electrons. The Bertz CT molecular complexity index is 898. The molecule has 0 spiro atoms. The molecule has 0 atom stereocenters. The lowest BCUT2D eigenvalue weighted by molar-refractivity contribution is 0.475. The van der Waals surface area contributed by atoms with E-state index in [0.717, 1.165) is 6.26 Å². The van der Waals surface area contributed by atoms with Gasteiger partial charge in [-0.25, -0.2) is 8.42 Å². The zero-order valence-corrected chi connectivity index (χ0v) is 11.9. The number of phenols is 1. The van der Waals surface area contributed by atoms with E-state index in [2.05, 4.69) is 10.3 Å². The van der Waals surface area contributed by atoms with E-state index in [1.807, 2.05) is 0 Å². The van der Waals surface area contributed by atoms with Crippen LogP contribution in [-0.2, 0) is 9.84 Å². The average Bonchev–Trinajstić information content (AvgIpc) is 2.81. The number of phenolic OH excluding ortho intramolecular Hbond substituents is 1. The summed E-state index contributed by atoms with van der Waals surface area (Å²) >= 11 is 0. The first kappa shape index (κ1) is 13.4. The third kappa shape index (κ3) is 2.82. The number of sulfone groups is 1. The van der Waals surface area contributed by atoms with Crippen LogP contribution in [0.1, 0.15) is 0 Å². The molecule has 0 unspecified atom stereocenters. The number of aromatic hydroxyl groups is 1. The minimum absolute atomic E-state index is 0.163. The summed E-state index contributed by atoms with van der Waals surface area (Å²) in [4.78, 5) is 4.39. The SMILES string of the molecule is CS(=O)(=O)c1ccc2oc(Nc3ccc(O)cc3)nc2c1. The molecule has 3 aromatic rings. The maximum Gasteiger partial charge on any atom is 0.300 e. The Labute approximate surface area is 121 Å². The lowest BCUT2D eigenvalue weighted by Crippen LogP contribution is -1.96. The van der Waals surface area contributed by atoms with E-state index in [0.29, 0.717) is 16.8 Å². The molecule has 6 nitrogen and oxygen atoms in total. The summed E-state index contributed by atoms with van der Waals surface area (Å²) < 4.78 is 28.5. The minimum Gasteiger partial charge on any atom is -0.508 e. The summed E-state index contributed by atoms with van der Waals surface area (Å²) in [6.07, 6.45) is 1.14. The maximum absolute atomic E-state index is 11.5. The lowest BCUT2D eigenvalue weighted by atomic mass is 10.3. The lowest BCUT2D eigenvalue weighted by Gasteiger charge is -2.00. The van der Waals surface area contributed by atoms with Crippen molar-refractivity contribution in [2.75, 3.05) is 11.6 Å². The number of fused-ring (bicyclic) bond motifs is 1. The van der Waals surface area contributed by atoms with Crippen molar-refractivity contribution in [1.29, 1.82) is 0 Å². The number of nitrogens with zero attached hydrogens (tertiary/aromatic N) is 1. The molecule has 0 saturated carbocycles. The van der Waals surface area contributed by atoms with Crippen molar-refractivity contribution in [1.82, 2.24) is 4.98 Å². The largest absolute Gasteiger partial charge is 0.508 e. The fourth-order valence-electron chi connectivity index (χ4n) is 1.86. The van der Waals surface area contributed by atoms with Crippen LogP contribution in [0.3, 0.4) is 0 Å². The van der Waals surface area contributed by atoms with E-state index in [-0.39, 0.29) is 16.7 Å². The van der Waals surface area contributed by atoms with Crippen molar-refractivity contribution in [3.8, 4) is 5.75 Å².